The first-order valence-electron chi connectivity index (χ1n) is 10.7. The topological polar surface area (TPSA) is 183 Å². The summed E-state index contributed by atoms with van der Waals surface area (Å²) in [6.07, 6.45) is 1.37. The lowest BCUT2D eigenvalue weighted by molar-refractivity contribution is -0.385. The van der Waals surface area contributed by atoms with Crippen molar-refractivity contribution in [1.82, 2.24) is 5.43 Å². The summed E-state index contributed by atoms with van der Waals surface area (Å²) in [6, 6.07) is 14.1. The summed E-state index contributed by atoms with van der Waals surface area (Å²) in [6.45, 7) is 1.71. The lowest BCUT2D eigenvalue weighted by Gasteiger charge is -2.08. The Hall–Kier alpha value is -5.46. The summed E-state index contributed by atoms with van der Waals surface area (Å²) >= 11 is 0. The number of rotatable bonds is 9. The normalized spacial score (nSPS) is 10.5. The maximum atomic E-state index is 12.5. The van der Waals surface area contributed by atoms with E-state index in [1.165, 1.54) is 30.3 Å². The molecule has 13 nitrogen and oxygen atoms in total. The van der Waals surface area contributed by atoms with Gasteiger partial charge in [-0.05, 0) is 42.5 Å². The number of benzene rings is 3. The molecular formula is C24H19N5O8. The molecule has 0 aromatic heterocycles. The quantitative estimate of drug-likeness (QED) is 0.144. The van der Waals surface area contributed by atoms with Crippen LogP contribution in [0.5, 0.6) is 5.75 Å². The molecule has 2 amide bonds. The van der Waals surface area contributed by atoms with Crippen LogP contribution in [0.1, 0.15) is 39.6 Å². The van der Waals surface area contributed by atoms with E-state index in [4.69, 9.17) is 4.74 Å². The SMILES string of the molecule is CCC(=O)Nc1ccc(C(=O)N/N=C/c2cc([N+](=O)[O-])ccc2OC(=O)c2ccc([N+](=O)[O-])cc2)cc1. The number of nitro benzene ring substituents is 2. The van der Waals surface area contributed by atoms with E-state index in [9.17, 15) is 34.6 Å². The first kappa shape index (κ1) is 26.2. The van der Waals surface area contributed by atoms with Crippen LogP contribution >= 0.6 is 0 Å². The first-order chi connectivity index (χ1) is 17.7. The molecule has 3 aromatic carbocycles. The molecule has 0 bridgehead atoms. The zero-order valence-corrected chi connectivity index (χ0v) is 19.2. The second kappa shape index (κ2) is 11.8. The van der Waals surface area contributed by atoms with E-state index in [2.05, 4.69) is 15.8 Å². The van der Waals surface area contributed by atoms with E-state index in [0.717, 1.165) is 30.5 Å². The van der Waals surface area contributed by atoms with Crippen LogP contribution in [0.3, 0.4) is 0 Å². The van der Waals surface area contributed by atoms with Gasteiger partial charge in [0.1, 0.15) is 5.75 Å². The molecule has 0 aliphatic rings. The van der Waals surface area contributed by atoms with Gasteiger partial charge < -0.3 is 10.1 Å². The monoisotopic (exact) mass is 505 g/mol. The van der Waals surface area contributed by atoms with Gasteiger partial charge in [0.25, 0.3) is 17.3 Å². The number of non-ortho nitro benzene ring substituents is 2. The Morgan fingerprint density at radius 3 is 2.08 bits per heavy atom. The molecule has 0 radical (unpaired) electrons. The Bertz CT molecular complexity index is 1390. The number of amides is 2. The predicted molar refractivity (Wildman–Crippen MR) is 132 cm³/mol. The molecule has 2 N–H and O–H groups in total. The minimum atomic E-state index is -0.863. The molecule has 0 aliphatic heterocycles. The van der Waals surface area contributed by atoms with Crippen molar-refractivity contribution in [2.24, 2.45) is 5.10 Å². The van der Waals surface area contributed by atoms with Gasteiger partial charge in [-0.2, -0.15) is 5.10 Å². The van der Waals surface area contributed by atoms with Crippen molar-refractivity contribution in [3.8, 4) is 5.75 Å². The van der Waals surface area contributed by atoms with Gasteiger partial charge >= 0.3 is 5.97 Å². The smallest absolute Gasteiger partial charge is 0.343 e. The van der Waals surface area contributed by atoms with Crippen LogP contribution in [0.4, 0.5) is 17.1 Å². The van der Waals surface area contributed by atoms with Gasteiger partial charge in [-0.3, -0.25) is 29.8 Å². The van der Waals surface area contributed by atoms with Crippen molar-refractivity contribution >= 4 is 41.1 Å². The van der Waals surface area contributed by atoms with Crippen molar-refractivity contribution in [3.63, 3.8) is 0 Å². The van der Waals surface area contributed by atoms with E-state index in [-0.39, 0.29) is 39.7 Å². The van der Waals surface area contributed by atoms with Gasteiger partial charge in [0.2, 0.25) is 5.91 Å². The Labute approximate surface area is 209 Å². The number of carbonyl (C=O) groups excluding carboxylic acids is 3. The largest absolute Gasteiger partial charge is 0.422 e. The predicted octanol–water partition coefficient (Wildman–Crippen LogP) is 3.83. The van der Waals surface area contributed by atoms with Crippen LogP contribution in [0, 0.1) is 20.2 Å². The standard InChI is InChI=1S/C24H19N5O8/c1-2-22(30)26-18-7-3-15(4-8-18)23(31)27-25-14-17-13-20(29(35)36)11-12-21(17)37-24(32)16-5-9-19(10-6-16)28(33)34/h3-14H,2H2,1H3,(H,26,30)(H,27,31)/b25-14+. The third-order valence-corrected chi connectivity index (χ3v) is 4.84. The van der Waals surface area contributed by atoms with Crippen LogP contribution in [-0.4, -0.2) is 33.8 Å². The average molecular weight is 505 g/mol. The first-order valence-corrected chi connectivity index (χ1v) is 10.7. The van der Waals surface area contributed by atoms with E-state index >= 15 is 0 Å². The Balaban J connectivity index is 1.74. The number of nitrogens with zero attached hydrogens (tertiary/aromatic N) is 3. The van der Waals surface area contributed by atoms with E-state index in [0.29, 0.717) is 12.1 Å². The van der Waals surface area contributed by atoms with Crippen molar-refractivity contribution in [1.29, 1.82) is 0 Å². The fourth-order valence-corrected chi connectivity index (χ4v) is 2.90. The van der Waals surface area contributed by atoms with Gasteiger partial charge in [-0.25, -0.2) is 10.2 Å². The summed E-state index contributed by atoms with van der Waals surface area (Å²) in [7, 11) is 0. The second-order valence-electron chi connectivity index (χ2n) is 7.35. The van der Waals surface area contributed by atoms with Crippen molar-refractivity contribution in [3.05, 3.63) is 104 Å². The molecule has 0 atom stereocenters. The molecule has 0 heterocycles. The minimum absolute atomic E-state index is 0.0127. The third-order valence-electron chi connectivity index (χ3n) is 4.84. The zero-order valence-electron chi connectivity index (χ0n) is 19.2. The number of carbonyl (C=O) groups is 3. The highest BCUT2D eigenvalue weighted by Gasteiger charge is 2.16. The molecule has 3 rings (SSSR count). The summed E-state index contributed by atoms with van der Waals surface area (Å²) in [4.78, 5) is 57.0. The Morgan fingerprint density at radius 2 is 1.49 bits per heavy atom. The van der Waals surface area contributed by atoms with E-state index < -0.39 is 21.7 Å². The van der Waals surface area contributed by atoms with E-state index in [1.54, 1.807) is 19.1 Å². The highest BCUT2D eigenvalue weighted by Crippen LogP contribution is 2.24. The summed E-state index contributed by atoms with van der Waals surface area (Å²) < 4.78 is 5.29. The number of hydrogen-bond donors (Lipinski definition) is 2. The Morgan fingerprint density at radius 1 is 0.892 bits per heavy atom. The van der Waals surface area contributed by atoms with Crippen LogP contribution in [0.2, 0.25) is 0 Å². The van der Waals surface area contributed by atoms with Gasteiger partial charge in [0.05, 0.1) is 21.6 Å². The molecule has 3 aromatic rings. The van der Waals surface area contributed by atoms with Crippen LogP contribution in [-0.2, 0) is 4.79 Å². The molecule has 0 saturated carbocycles. The molecule has 0 saturated heterocycles. The minimum Gasteiger partial charge on any atom is -0.422 e. The average Bonchev–Trinajstić information content (AvgIpc) is 2.89. The Kier molecular flexibility index (Phi) is 8.33. The molecular weight excluding hydrogens is 486 g/mol. The fourth-order valence-electron chi connectivity index (χ4n) is 2.90. The number of ether oxygens (including phenoxy) is 1. The van der Waals surface area contributed by atoms with Crippen LogP contribution < -0.4 is 15.5 Å². The fraction of sp³-hybridized carbons (Fsp3) is 0.0833. The third kappa shape index (κ3) is 7.02. The van der Waals surface area contributed by atoms with Crippen LogP contribution in [0.15, 0.2) is 71.8 Å². The molecule has 0 fully saturated rings. The second-order valence-corrected chi connectivity index (χ2v) is 7.35. The number of anilines is 1. The molecule has 188 valence electrons. The van der Waals surface area contributed by atoms with Crippen LogP contribution in [0.25, 0.3) is 0 Å². The zero-order chi connectivity index (χ0) is 26.9. The number of hydrogen-bond acceptors (Lipinski definition) is 9. The van der Waals surface area contributed by atoms with Gasteiger partial charge in [0, 0.05) is 47.5 Å². The summed E-state index contributed by atoms with van der Waals surface area (Å²) in [5.41, 5.74) is 2.52. The molecule has 0 aliphatic carbocycles. The maximum Gasteiger partial charge on any atom is 0.343 e. The summed E-state index contributed by atoms with van der Waals surface area (Å²) in [5, 5.41) is 28.4. The molecule has 0 unspecified atom stereocenters. The molecule has 13 heteroatoms. The van der Waals surface area contributed by atoms with Crippen molar-refractivity contribution in [2.45, 2.75) is 13.3 Å². The summed E-state index contributed by atoms with van der Waals surface area (Å²) in [5.74, 6) is -1.73. The van der Waals surface area contributed by atoms with Gasteiger partial charge in [-0.15, -0.1) is 0 Å². The number of nitrogens with one attached hydrogen (secondary N) is 2. The maximum absolute atomic E-state index is 12.5. The van der Waals surface area contributed by atoms with Gasteiger partial charge in [0.15, 0.2) is 0 Å². The lowest BCUT2D eigenvalue weighted by Crippen LogP contribution is -2.18. The number of nitro groups is 2. The lowest BCUT2D eigenvalue weighted by atomic mass is 10.2. The highest BCUT2D eigenvalue weighted by molar-refractivity contribution is 5.97. The number of esters is 1. The van der Waals surface area contributed by atoms with Crippen molar-refractivity contribution < 1.29 is 29.0 Å². The molecule has 37 heavy (non-hydrogen) atoms. The highest BCUT2D eigenvalue weighted by atomic mass is 16.6. The van der Waals surface area contributed by atoms with Gasteiger partial charge in [-0.1, -0.05) is 6.92 Å². The number of hydrazone groups is 1. The van der Waals surface area contributed by atoms with E-state index in [1.807, 2.05) is 0 Å². The molecule has 0 spiro atoms. The van der Waals surface area contributed by atoms with Crippen molar-refractivity contribution in [2.75, 3.05) is 5.32 Å².